The van der Waals surface area contributed by atoms with Crippen molar-refractivity contribution in [3.8, 4) is 11.5 Å². The smallest absolute Gasteiger partial charge is 0.258 e. The predicted molar refractivity (Wildman–Crippen MR) is 81.5 cm³/mol. The van der Waals surface area contributed by atoms with Crippen LogP contribution in [0.2, 0.25) is 0 Å². The largest absolute Gasteiger partial charge is 0.497 e. The Hall–Kier alpha value is -2.49. The molecule has 0 radical (unpaired) electrons. The predicted octanol–water partition coefficient (Wildman–Crippen LogP) is 2.95. The van der Waals surface area contributed by atoms with Gasteiger partial charge in [-0.25, -0.2) is 0 Å². The third-order valence-corrected chi connectivity index (χ3v) is 3.11. The van der Waals surface area contributed by atoms with Gasteiger partial charge in [0, 0.05) is 0 Å². The summed E-state index contributed by atoms with van der Waals surface area (Å²) in [5.41, 5.74) is 1.02. The molecule has 2 aromatic rings. The Balaban J connectivity index is 1.83. The van der Waals surface area contributed by atoms with E-state index in [0.717, 1.165) is 11.3 Å². The molecule has 1 N–H and O–H groups in total. The molecular formula is C17H19NO3. The lowest BCUT2D eigenvalue weighted by Gasteiger charge is -2.15. The summed E-state index contributed by atoms with van der Waals surface area (Å²) in [6, 6.07) is 16.8. The molecule has 0 fully saturated rings. The molecule has 0 spiro atoms. The summed E-state index contributed by atoms with van der Waals surface area (Å²) in [6.07, 6.45) is 0. The minimum Gasteiger partial charge on any atom is -0.497 e. The minimum absolute atomic E-state index is 0.00447. The first-order chi connectivity index (χ1) is 10.2. The van der Waals surface area contributed by atoms with Gasteiger partial charge in [0.25, 0.3) is 5.91 Å². The first-order valence-electron chi connectivity index (χ1n) is 6.80. The van der Waals surface area contributed by atoms with Crippen molar-refractivity contribution in [3.05, 3.63) is 60.2 Å². The van der Waals surface area contributed by atoms with Gasteiger partial charge in [0.05, 0.1) is 13.2 Å². The maximum Gasteiger partial charge on any atom is 0.258 e. The number of rotatable bonds is 6. The fourth-order valence-electron chi connectivity index (χ4n) is 1.92. The lowest BCUT2D eigenvalue weighted by atomic mass is 10.1. The highest BCUT2D eigenvalue weighted by atomic mass is 16.5. The van der Waals surface area contributed by atoms with Crippen LogP contribution in [0.25, 0.3) is 0 Å². The standard InChI is InChI=1S/C17H19NO3/c1-13(14-8-10-15(20-2)11-9-14)18-17(19)12-21-16-6-4-3-5-7-16/h3-11,13H,12H2,1-2H3,(H,18,19). The van der Waals surface area contributed by atoms with Gasteiger partial charge >= 0.3 is 0 Å². The van der Waals surface area contributed by atoms with Crippen LogP contribution >= 0.6 is 0 Å². The van der Waals surface area contributed by atoms with Crippen molar-refractivity contribution in [2.24, 2.45) is 0 Å². The Morgan fingerprint density at radius 3 is 2.33 bits per heavy atom. The van der Waals surface area contributed by atoms with Gasteiger partial charge in [-0.3, -0.25) is 4.79 Å². The van der Waals surface area contributed by atoms with Gasteiger partial charge in [-0.15, -0.1) is 0 Å². The number of benzene rings is 2. The lowest BCUT2D eigenvalue weighted by Crippen LogP contribution is -2.31. The van der Waals surface area contributed by atoms with Crippen LogP contribution in [-0.2, 0) is 4.79 Å². The van der Waals surface area contributed by atoms with E-state index in [9.17, 15) is 4.79 Å². The van der Waals surface area contributed by atoms with E-state index in [0.29, 0.717) is 5.75 Å². The fraction of sp³-hybridized carbons (Fsp3) is 0.235. The van der Waals surface area contributed by atoms with Gasteiger partial charge in [0.2, 0.25) is 0 Å². The zero-order chi connectivity index (χ0) is 15.1. The molecule has 4 heteroatoms. The van der Waals surface area contributed by atoms with Crippen LogP contribution in [0.15, 0.2) is 54.6 Å². The molecule has 0 bridgehead atoms. The van der Waals surface area contributed by atoms with Crippen LogP contribution in [0.5, 0.6) is 11.5 Å². The highest BCUT2D eigenvalue weighted by Gasteiger charge is 2.10. The summed E-state index contributed by atoms with van der Waals surface area (Å²) in [5.74, 6) is 1.33. The van der Waals surface area contributed by atoms with E-state index in [1.165, 1.54) is 0 Å². The summed E-state index contributed by atoms with van der Waals surface area (Å²) >= 11 is 0. The molecule has 0 saturated heterocycles. The van der Waals surface area contributed by atoms with Crippen molar-refractivity contribution in [2.75, 3.05) is 13.7 Å². The molecule has 1 atom stereocenters. The fourth-order valence-corrected chi connectivity index (χ4v) is 1.92. The molecule has 21 heavy (non-hydrogen) atoms. The number of ether oxygens (including phenoxy) is 2. The van der Waals surface area contributed by atoms with Crippen molar-refractivity contribution in [2.45, 2.75) is 13.0 Å². The first kappa shape index (κ1) is 14.9. The van der Waals surface area contributed by atoms with Crippen molar-refractivity contribution in [1.82, 2.24) is 5.32 Å². The summed E-state index contributed by atoms with van der Waals surface area (Å²) in [7, 11) is 1.63. The van der Waals surface area contributed by atoms with E-state index in [-0.39, 0.29) is 18.6 Å². The number of hydrogen-bond acceptors (Lipinski definition) is 3. The number of para-hydroxylation sites is 1. The Labute approximate surface area is 124 Å². The molecule has 0 heterocycles. The first-order valence-corrected chi connectivity index (χ1v) is 6.80. The maximum atomic E-state index is 11.9. The van der Waals surface area contributed by atoms with Crippen LogP contribution in [0.1, 0.15) is 18.5 Å². The Morgan fingerprint density at radius 1 is 1.05 bits per heavy atom. The molecule has 1 amide bonds. The number of carbonyl (C=O) groups excluding carboxylic acids is 1. The third kappa shape index (κ3) is 4.53. The normalized spacial score (nSPS) is 11.5. The number of amides is 1. The highest BCUT2D eigenvalue weighted by molar-refractivity contribution is 5.78. The van der Waals surface area contributed by atoms with Gasteiger partial charge in [0.1, 0.15) is 11.5 Å². The van der Waals surface area contributed by atoms with Crippen molar-refractivity contribution >= 4 is 5.91 Å². The van der Waals surface area contributed by atoms with Crippen molar-refractivity contribution in [1.29, 1.82) is 0 Å². The molecule has 4 nitrogen and oxygen atoms in total. The van der Waals surface area contributed by atoms with Crippen LogP contribution < -0.4 is 14.8 Å². The van der Waals surface area contributed by atoms with E-state index in [4.69, 9.17) is 9.47 Å². The molecule has 110 valence electrons. The quantitative estimate of drug-likeness (QED) is 0.887. The Morgan fingerprint density at radius 2 is 1.71 bits per heavy atom. The molecule has 0 aliphatic rings. The topological polar surface area (TPSA) is 47.6 Å². The molecule has 2 rings (SSSR count). The summed E-state index contributed by atoms with van der Waals surface area (Å²) in [6.45, 7) is 1.94. The Bertz CT molecular complexity index is 566. The number of hydrogen-bond donors (Lipinski definition) is 1. The van der Waals surface area contributed by atoms with E-state index in [1.54, 1.807) is 7.11 Å². The molecule has 0 aliphatic carbocycles. The molecule has 2 aromatic carbocycles. The van der Waals surface area contributed by atoms with E-state index >= 15 is 0 Å². The van der Waals surface area contributed by atoms with Gasteiger partial charge in [-0.1, -0.05) is 30.3 Å². The lowest BCUT2D eigenvalue weighted by molar-refractivity contribution is -0.123. The van der Waals surface area contributed by atoms with Gasteiger partial charge < -0.3 is 14.8 Å². The van der Waals surface area contributed by atoms with Crippen LogP contribution in [-0.4, -0.2) is 19.6 Å². The molecule has 1 unspecified atom stereocenters. The maximum absolute atomic E-state index is 11.9. The van der Waals surface area contributed by atoms with Crippen molar-refractivity contribution in [3.63, 3.8) is 0 Å². The summed E-state index contributed by atoms with van der Waals surface area (Å²) in [4.78, 5) is 11.9. The van der Waals surface area contributed by atoms with E-state index in [1.807, 2.05) is 61.5 Å². The second-order valence-electron chi connectivity index (χ2n) is 4.66. The number of carbonyl (C=O) groups is 1. The SMILES string of the molecule is COc1ccc(C(C)NC(=O)COc2ccccc2)cc1. The monoisotopic (exact) mass is 285 g/mol. The second kappa shape index (κ2) is 7.33. The second-order valence-corrected chi connectivity index (χ2v) is 4.66. The van der Waals surface area contributed by atoms with Gasteiger partial charge in [-0.2, -0.15) is 0 Å². The average molecular weight is 285 g/mol. The van der Waals surface area contributed by atoms with Crippen molar-refractivity contribution < 1.29 is 14.3 Å². The highest BCUT2D eigenvalue weighted by Crippen LogP contribution is 2.17. The summed E-state index contributed by atoms with van der Waals surface area (Å²) < 4.78 is 10.5. The van der Waals surface area contributed by atoms with Gasteiger partial charge in [0.15, 0.2) is 6.61 Å². The molecule has 0 aromatic heterocycles. The molecule has 0 aliphatic heterocycles. The van der Waals surface area contributed by atoms with Gasteiger partial charge in [-0.05, 0) is 36.8 Å². The zero-order valence-corrected chi connectivity index (χ0v) is 12.2. The zero-order valence-electron chi connectivity index (χ0n) is 12.2. The average Bonchev–Trinajstić information content (AvgIpc) is 2.54. The van der Waals surface area contributed by atoms with E-state index in [2.05, 4.69) is 5.32 Å². The minimum atomic E-state index is -0.151. The van der Waals surface area contributed by atoms with Crippen LogP contribution in [0.4, 0.5) is 0 Å². The summed E-state index contributed by atoms with van der Waals surface area (Å²) in [5, 5.41) is 2.90. The molecule has 0 saturated carbocycles. The number of methoxy groups -OCH3 is 1. The Kier molecular flexibility index (Phi) is 5.21. The molecular weight excluding hydrogens is 266 g/mol. The number of nitrogens with one attached hydrogen (secondary N) is 1. The third-order valence-electron chi connectivity index (χ3n) is 3.11. The van der Waals surface area contributed by atoms with E-state index < -0.39 is 0 Å². The van der Waals surface area contributed by atoms with Crippen LogP contribution in [0, 0.1) is 0 Å². The van der Waals surface area contributed by atoms with Crippen LogP contribution in [0.3, 0.4) is 0 Å².